The molecule has 2 aromatic carbocycles. The molecule has 3 nitrogen and oxygen atoms in total. The van der Waals surface area contributed by atoms with E-state index in [-0.39, 0.29) is 17.3 Å². The van der Waals surface area contributed by atoms with Crippen molar-refractivity contribution >= 4 is 5.97 Å². The molecule has 0 radical (unpaired) electrons. The van der Waals surface area contributed by atoms with Crippen molar-refractivity contribution in [1.82, 2.24) is 0 Å². The van der Waals surface area contributed by atoms with E-state index in [1.54, 1.807) is 19.2 Å². The number of carbonyl (C=O) groups excluding carboxylic acids is 1. The molecule has 0 aliphatic rings. The van der Waals surface area contributed by atoms with Crippen molar-refractivity contribution < 1.29 is 14.3 Å². The molecule has 0 aliphatic carbocycles. The second kappa shape index (κ2) is 6.86. The number of hydrogen-bond donors (Lipinski definition) is 0. The van der Waals surface area contributed by atoms with E-state index in [9.17, 15) is 4.79 Å². The van der Waals surface area contributed by atoms with Gasteiger partial charge in [0.05, 0.1) is 13.0 Å². The van der Waals surface area contributed by atoms with Gasteiger partial charge >= 0.3 is 5.97 Å². The molecule has 23 heavy (non-hydrogen) atoms. The molecule has 0 N–H and O–H groups in total. The van der Waals surface area contributed by atoms with Crippen LogP contribution in [0.2, 0.25) is 0 Å². The minimum atomic E-state index is -0.339. The normalized spacial score (nSPS) is 12.6. The highest BCUT2D eigenvalue weighted by Gasteiger charge is 2.20. The van der Waals surface area contributed by atoms with Gasteiger partial charge in [-0.3, -0.25) is 4.79 Å². The average molecular weight is 312 g/mol. The lowest BCUT2D eigenvalue weighted by Crippen LogP contribution is -2.17. The molecule has 0 spiro atoms. The van der Waals surface area contributed by atoms with Gasteiger partial charge in [-0.25, -0.2) is 0 Å². The Hall–Kier alpha value is -2.29. The van der Waals surface area contributed by atoms with Crippen LogP contribution in [0.5, 0.6) is 11.5 Å². The van der Waals surface area contributed by atoms with Crippen LogP contribution in [-0.4, -0.2) is 13.1 Å². The zero-order valence-electron chi connectivity index (χ0n) is 14.4. The zero-order valence-corrected chi connectivity index (χ0v) is 14.4. The summed E-state index contributed by atoms with van der Waals surface area (Å²) in [6, 6.07) is 15.3. The molecule has 0 saturated heterocycles. The Balaban J connectivity index is 2.13. The van der Waals surface area contributed by atoms with Gasteiger partial charge in [0.2, 0.25) is 0 Å². The first-order valence-corrected chi connectivity index (χ1v) is 7.78. The first kappa shape index (κ1) is 17.1. The van der Waals surface area contributed by atoms with E-state index in [1.165, 1.54) is 5.56 Å². The number of esters is 1. The second-order valence-corrected chi connectivity index (χ2v) is 6.67. The predicted octanol–water partition coefficient (Wildman–Crippen LogP) is 4.70. The molecular weight excluding hydrogens is 288 g/mol. The van der Waals surface area contributed by atoms with Crippen molar-refractivity contribution in [1.29, 1.82) is 0 Å². The van der Waals surface area contributed by atoms with Gasteiger partial charge in [0.1, 0.15) is 0 Å². The molecule has 122 valence electrons. The lowest BCUT2D eigenvalue weighted by atomic mass is 9.86. The zero-order chi connectivity index (χ0) is 17.0. The van der Waals surface area contributed by atoms with E-state index in [1.807, 2.05) is 31.2 Å². The summed E-state index contributed by atoms with van der Waals surface area (Å²) in [5, 5.41) is 0. The number of benzene rings is 2. The van der Waals surface area contributed by atoms with Crippen LogP contribution in [0.15, 0.2) is 48.5 Å². The summed E-state index contributed by atoms with van der Waals surface area (Å²) < 4.78 is 10.7. The van der Waals surface area contributed by atoms with Crippen molar-refractivity contribution in [2.75, 3.05) is 7.11 Å². The van der Waals surface area contributed by atoms with E-state index < -0.39 is 0 Å². The Kier molecular flexibility index (Phi) is 5.09. The Morgan fingerprint density at radius 3 is 2.04 bits per heavy atom. The van der Waals surface area contributed by atoms with Crippen LogP contribution in [0, 0.1) is 0 Å². The lowest BCUT2D eigenvalue weighted by Gasteiger charge is -2.20. The third-order valence-electron chi connectivity index (χ3n) is 3.91. The fourth-order valence-corrected chi connectivity index (χ4v) is 2.31. The SMILES string of the molecule is COc1ccccc1OC(=O)C(C)c1ccc(C(C)(C)C)cc1. The minimum absolute atomic E-state index is 0.0969. The van der Waals surface area contributed by atoms with Gasteiger partial charge in [-0.1, -0.05) is 57.2 Å². The van der Waals surface area contributed by atoms with Gasteiger partial charge in [-0.05, 0) is 35.6 Å². The number of ether oxygens (including phenoxy) is 2. The molecule has 0 bridgehead atoms. The molecule has 0 amide bonds. The van der Waals surface area contributed by atoms with E-state index >= 15 is 0 Å². The number of carbonyl (C=O) groups is 1. The van der Waals surface area contributed by atoms with Crippen molar-refractivity contribution in [3.8, 4) is 11.5 Å². The van der Waals surface area contributed by atoms with Gasteiger partial charge < -0.3 is 9.47 Å². The average Bonchev–Trinajstić information content (AvgIpc) is 2.54. The molecule has 3 heteroatoms. The second-order valence-electron chi connectivity index (χ2n) is 6.67. The molecule has 0 saturated carbocycles. The third kappa shape index (κ3) is 4.13. The van der Waals surface area contributed by atoms with Crippen LogP contribution in [-0.2, 0) is 10.2 Å². The van der Waals surface area contributed by atoms with E-state index in [0.717, 1.165) is 5.56 Å². The third-order valence-corrected chi connectivity index (χ3v) is 3.91. The summed E-state index contributed by atoms with van der Waals surface area (Å²) in [6.45, 7) is 8.36. The van der Waals surface area contributed by atoms with Crippen molar-refractivity contribution in [2.45, 2.75) is 39.0 Å². The number of para-hydroxylation sites is 2. The molecule has 2 aromatic rings. The smallest absolute Gasteiger partial charge is 0.318 e. The van der Waals surface area contributed by atoms with Crippen molar-refractivity contribution in [3.05, 3.63) is 59.7 Å². The van der Waals surface area contributed by atoms with E-state index in [4.69, 9.17) is 9.47 Å². The fraction of sp³-hybridized carbons (Fsp3) is 0.350. The van der Waals surface area contributed by atoms with Gasteiger partial charge in [0.25, 0.3) is 0 Å². The van der Waals surface area contributed by atoms with Crippen LogP contribution in [0.25, 0.3) is 0 Å². The van der Waals surface area contributed by atoms with Crippen LogP contribution in [0.1, 0.15) is 44.7 Å². The summed E-state index contributed by atoms with van der Waals surface area (Å²) in [5.74, 6) is 0.362. The highest BCUT2D eigenvalue weighted by molar-refractivity contribution is 5.80. The minimum Gasteiger partial charge on any atom is -0.493 e. The standard InChI is InChI=1S/C20H24O3/c1-14(15-10-12-16(13-11-15)20(2,3)4)19(21)23-18-9-7-6-8-17(18)22-5/h6-14H,1-5H3. The molecule has 0 heterocycles. The van der Waals surface area contributed by atoms with Gasteiger partial charge in [0.15, 0.2) is 11.5 Å². The lowest BCUT2D eigenvalue weighted by molar-refractivity contribution is -0.135. The first-order valence-electron chi connectivity index (χ1n) is 7.78. The van der Waals surface area contributed by atoms with Crippen LogP contribution < -0.4 is 9.47 Å². The fourth-order valence-electron chi connectivity index (χ4n) is 2.31. The Labute approximate surface area is 138 Å². The van der Waals surface area contributed by atoms with Crippen molar-refractivity contribution in [2.24, 2.45) is 0 Å². The Morgan fingerprint density at radius 1 is 0.957 bits per heavy atom. The summed E-state index contributed by atoms with van der Waals surface area (Å²) >= 11 is 0. The Morgan fingerprint density at radius 2 is 1.52 bits per heavy atom. The highest BCUT2D eigenvalue weighted by atomic mass is 16.6. The summed E-state index contributed by atoms with van der Waals surface area (Å²) in [4.78, 5) is 12.4. The summed E-state index contributed by atoms with van der Waals surface area (Å²) in [6.07, 6.45) is 0. The van der Waals surface area contributed by atoms with Crippen LogP contribution in [0.4, 0.5) is 0 Å². The van der Waals surface area contributed by atoms with Gasteiger partial charge in [-0.15, -0.1) is 0 Å². The Bertz CT molecular complexity index is 666. The number of rotatable bonds is 4. The molecule has 0 fully saturated rings. The van der Waals surface area contributed by atoms with E-state index in [0.29, 0.717) is 11.5 Å². The topological polar surface area (TPSA) is 35.5 Å². The van der Waals surface area contributed by atoms with E-state index in [2.05, 4.69) is 32.9 Å². The van der Waals surface area contributed by atoms with Crippen molar-refractivity contribution in [3.63, 3.8) is 0 Å². The number of methoxy groups -OCH3 is 1. The first-order chi connectivity index (χ1) is 10.8. The van der Waals surface area contributed by atoms with Crippen LogP contribution in [0.3, 0.4) is 0 Å². The van der Waals surface area contributed by atoms with Crippen LogP contribution >= 0.6 is 0 Å². The van der Waals surface area contributed by atoms with Gasteiger partial charge in [0, 0.05) is 0 Å². The highest BCUT2D eigenvalue weighted by Crippen LogP contribution is 2.29. The molecule has 1 atom stereocenters. The molecule has 1 unspecified atom stereocenters. The monoisotopic (exact) mass is 312 g/mol. The maximum atomic E-state index is 12.4. The molecular formula is C20H24O3. The van der Waals surface area contributed by atoms with Gasteiger partial charge in [-0.2, -0.15) is 0 Å². The molecule has 0 aromatic heterocycles. The maximum absolute atomic E-state index is 12.4. The summed E-state index contributed by atoms with van der Waals surface area (Å²) in [5.41, 5.74) is 2.28. The quantitative estimate of drug-likeness (QED) is 0.606. The maximum Gasteiger partial charge on any atom is 0.318 e. The molecule has 2 rings (SSSR count). The molecule has 0 aliphatic heterocycles. The number of hydrogen-bond acceptors (Lipinski definition) is 3. The largest absolute Gasteiger partial charge is 0.493 e. The summed E-state index contributed by atoms with van der Waals surface area (Å²) in [7, 11) is 1.56. The predicted molar refractivity (Wildman–Crippen MR) is 92.2 cm³/mol.